The third-order valence-corrected chi connectivity index (χ3v) is 28.6. The predicted molar refractivity (Wildman–Crippen MR) is 465 cm³/mol. The highest BCUT2D eigenvalue weighted by molar-refractivity contribution is 7.78. The summed E-state index contributed by atoms with van der Waals surface area (Å²) in [5.41, 5.74) is 2.16. The third kappa shape index (κ3) is 26.1. The molecule has 2 aliphatic rings. The average molecular weight is 1600 g/mol. The Labute approximate surface area is 678 Å². The molecule has 576 valence electrons. The van der Waals surface area contributed by atoms with Gasteiger partial charge in [0.1, 0.15) is 57.7 Å². The minimum absolute atomic E-state index is 0.00394. The van der Waals surface area contributed by atoms with Gasteiger partial charge in [0.05, 0.1) is 36.8 Å². The van der Waals surface area contributed by atoms with E-state index in [0.29, 0.717) is 30.7 Å². The zero-order valence-electron chi connectivity index (χ0n) is 64.6. The van der Waals surface area contributed by atoms with Crippen molar-refractivity contribution in [1.82, 2.24) is 0 Å². The van der Waals surface area contributed by atoms with Crippen molar-refractivity contribution in [3.63, 3.8) is 0 Å². The van der Waals surface area contributed by atoms with E-state index in [2.05, 4.69) is 108 Å². The van der Waals surface area contributed by atoms with Gasteiger partial charge in [-0.25, -0.2) is 17.6 Å². The van der Waals surface area contributed by atoms with Crippen molar-refractivity contribution >= 4 is 117 Å². The van der Waals surface area contributed by atoms with Crippen LogP contribution in [0.15, 0.2) is 69.5 Å². The van der Waals surface area contributed by atoms with E-state index in [1.807, 2.05) is 42.5 Å². The second-order valence-electron chi connectivity index (χ2n) is 29.5. The van der Waals surface area contributed by atoms with Gasteiger partial charge in [-0.3, -0.25) is 10.8 Å². The molecule has 0 atom stereocenters. The SMILES string of the molecule is [C-]#[N+]C([N+]#[C-])=c1cc/c(=C\c2ccc(-c3sc(-c4c(F)c5c(=N)c(=NS)c(-c6cc(CCCC(CCCCCCCCCC)CCCCCCCCCC)c(-c7ccc(/C=c8\ccc(=C(C#N)C#N)s8)s7)s6)c(F)c=5c(=N)c4=NS)cc3CCCC(CCCCCCCCCC)CCCCCCCCCC)s2)s1. The Kier molecular flexibility index (Phi) is 39.6. The summed E-state index contributed by atoms with van der Waals surface area (Å²) in [6.07, 6.45) is 55.9. The topological polar surface area (TPSA) is 129 Å². The summed E-state index contributed by atoms with van der Waals surface area (Å²) in [4.78, 5) is 13.8. The fraction of sp³-hybridized carbons (Fsp3) is 0.533. The highest BCUT2D eigenvalue weighted by Crippen LogP contribution is 2.45. The number of thiol groups is 2. The van der Waals surface area contributed by atoms with Gasteiger partial charge in [-0.05, 0) is 147 Å². The molecule has 2 N–H and O–H groups in total. The maximum absolute atomic E-state index is 18.5. The van der Waals surface area contributed by atoms with Crippen LogP contribution in [0, 0.1) is 80.5 Å². The summed E-state index contributed by atoms with van der Waals surface area (Å²) in [5.74, 6) is -0.468. The maximum Gasteiger partial charge on any atom is 0.536 e. The van der Waals surface area contributed by atoms with Crippen LogP contribution < -0.4 is 39.6 Å². The molecule has 0 fully saturated rings. The monoisotopic (exact) mass is 1600 g/mol. The van der Waals surface area contributed by atoms with Crippen LogP contribution in [0.5, 0.6) is 0 Å². The molecule has 0 unspecified atom stereocenters. The fourth-order valence-electron chi connectivity index (χ4n) is 15.2. The molecule has 2 aliphatic carbocycles. The number of nitrogens with one attached hydrogen (secondary N) is 2. The Bertz CT molecular complexity index is 4510. The molecule has 108 heavy (non-hydrogen) atoms. The molecule has 0 aliphatic heterocycles. The number of aryl methyl sites for hydroxylation is 2. The third-order valence-electron chi connectivity index (χ3n) is 21.3. The van der Waals surface area contributed by atoms with E-state index in [-0.39, 0.29) is 54.4 Å². The number of unbranched alkanes of at least 4 members (excludes halogenated alkanes) is 28. The van der Waals surface area contributed by atoms with Gasteiger partial charge in [0, 0.05) is 48.1 Å². The van der Waals surface area contributed by atoms with Crippen LogP contribution in [0.1, 0.15) is 305 Å². The summed E-state index contributed by atoms with van der Waals surface area (Å²) < 4.78 is 48.8. The van der Waals surface area contributed by atoms with Crippen LogP contribution >= 0.6 is 93.7 Å². The van der Waals surface area contributed by atoms with Gasteiger partial charge in [0.25, 0.3) is 0 Å². The first-order valence-electron chi connectivity index (χ1n) is 40.7. The van der Waals surface area contributed by atoms with Gasteiger partial charge in [0.2, 0.25) is 0 Å². The van der Waals surface area contributed by atoms with E-state index >= 15 is 8.78 Å². The summed E-state index contributed by atoms with van der Waals surface area (Å²) in [6, 6.07) is 23.9. The lowest BCUT2D eigenvalue weighted by Crippen LogP contribution is -2.37. The molecule has 6 aromatic rings. The maximum atomic E-state index is 18.5. The summed E-state index contributed by atoms with van der Waals surface area (Å²) in [6.45, 7) is 24.2. The van der Waals surface area contributed by atoms with Gasteiger partial charge < -0.3 is 0 Å². The summed E-state index contributed by atoms with van der Waals surface area (Å²) >= 11 is 17.8. The molecular formula is C90H114F2N8S8. The number of rotatable bonds is 50. The van der Waals surface area contributed by atoms with Crippen LogP contribution in [-0.4, -0.2) is 0 Å². The Hall–Kier alpha value is -5.90. The molecule has 8 rings (SSSR count). The largest absolute Gasteiger partial charge is 0.536 e. The lowest BCUT2D eigenvalue weighted by Gasteiger charge is -2.17. The van der Waals surface area contributed by atoms with Crippen molar-refractivity contribution in [1.29, 1.82) is 21.3 Å². The van der Waals surface area contributed by atoms with E-state index in [0.717, 1.165) is 88.0 Å². The van der Waals surface area contributed by atoms with Crippen LogP contribution in [-0.2, 0) is 12.8 Å². The number of nitrogens with zero attached hydrogens (tertiary/aromatic N) is 6. The normalized spacial score (nSPS) is 12.4. The molecule has 8 nitrogen and oxygen atoms in total. The minimum atomic E-state index is -0.865. The summed E-state index contributed by atoms with van der Waals surface area (Å²) in [7, 11) is 0. The number of hydrogen-bond donors (Lipinski definition) is 4. The van der Waals surface area contributed by atoms with E-state index in [1.165, 1.54) is 276 Å². The van der Waals surface area contributed by atoms with Crippen molar-refractivity contribution in [3.8, 4) is 52.5 Å². The minimum Gasteiger partial charge on any atom is -0.298 e. The molecular weight excluding hydrogens is 1490 g/mol. The number of hydrogen-bond acceptors (Lipinski definition) is 14. The molecule has 0 radical (unpaired) electrons. The molecule has 6 heterocycles. The quantitative estimate of drug-likeness (QED) is 0.0172. The zero-order chi connectivity index (χ0) is 76.8. The number of halogens is 2. The fourth-order valence-corrected chi connectivity index (χ4v) is 22.3. The van der Waals surface area contributed by atoms with Crippen molar-refractivity contribution in [2.45, 2.75) is 297 Å². The van der Waals surface area contributed by atoms with Gasteiger partial charge in [-0.1, -0.05) is 272 Å². The Morgan fingerprint density at radius 2 is 0.759 bits per heavy atom. The van der Waals surface area contributed by atoms with Crippen molar-refractivity contribution < 1.29 is 8.78 Å². The van der Waals surface area contributed by atoms with E-state index in [9.17, 15) is 21.3 Å². The smallest absolute Gasteiger partial charge is 0.298 e. The standard InChI is InChI=1S/C90H114F2N8S8/c1-7-11-15-19-23-27-31-35-41-63(42-36-32-28-24-20-16-12-8-2)45-39-47-65-57-76(107-88(65)73-54-50-69(104-73)59-68-49-53-72(103-68)67(61-93)62-94)78-82(91)80-81(84(95)86(78)99-101)83(92)79(87(100-102)85(80)96)77-58-66(89(108-77)74-55-51-70(105-74)60-71-52-56-75(106-71)90(97-5)98-6)48-40-46-64(43-37-33-29-25-21-17-13-9-3)44-38-34-30-26-22-18-14-10-4/h49-60,63-64,95-96,101-102H,7-48H2,1-4H3/b68-59+,71-60+,95-84?,96-85?,99-86?,100-87?. The molecule has 0 bridgehead atoms. The molecule has 6 aromatic heterocycles. The Morgan fingerprint density at radius 1 is 0.435 bits per heavy atom. The van der Waals surface area contributed by atoms with Gasteiger partial charge in [-0.2, -0.15) is 20.2 Å². The van der Waals surface area contributed by atoms with Crippen molar-refractivity contribution in [3.05, 3.63) is 166 Å². The van der Waals surface area contributed by atoms with Crippen LogP contribution in [0.2, 0.25) is 0 Å². The molecule has 0 spiro atoms. The highest BCUT2D eigenvalue weighted by atomic mass is 32.1. The van der Waals surface area contributed by atoms with Crippen molar-refractivity contribution in [2.24, 2.45) is 20.6 Å². The lowest BCUT2D eigenvalue weighted by molar-refractivity contribution is 0.372. The molecule has 18 heteroatoms. The number of thiophene rings is 6. The first-order chi connectivity index (χ1) is 52.9. The second-order valence-corrected chi connectivity index (χ2v) is 36.5. The van der Waals surface area contributed by atoms with Crippen LogP contribution in [0.3, 0.4) is 0 Å². The first-order valence-corrected chi connectivity index (χ1v) is 46.4. The Morgan fingerprint density at radius 3 is 1.09 bits per heavy atom. The first kappa shape index (κ1) is 87.7. The van der Waals surface area contributed by atoms with E-state index in [4.69, 9.17) is 13.1 Å². The molecule has 0 saturated heterocycles. The van der Waals surface area contributed by atoms with Crippen LogP contribution in [0.4, 0.5) is 8.78 Å². The van der Waals surface area contributed by atoms with Crippen LogP contribution in [0.25, 0.3) is 73.6 Å². The predicted octanol–water partition coefficient (Wildman–Crippen LogP) is 25.8. The van der Waals surface area contributed by atoms with E-state index in [1.54, 1.807) is 28.7 Å². The number of nitriles is 2. The van der Waals surface area contributed by atoms with Crippen molar-refractivity contribution in [2.75, 3.05) is 0 Å². The van der Waals surface area contributed by atoms with Gasteiger partial charge >= 0.3 is 5.82 Å². The molecule has 0 amide bonds. The molecule has 0 saturated carbocycles. The lowest BCUT2D eigenvalue weighted by atomic mass is 9.89. The van der Waals surface area contributed by atoms with Gasteiger partial charge in [-0.15, -0.1) is 68.0 Å². The second kappa shape index (κ2) is 48.8. The van der Waals surface area contributed by atoms with E-state index < -0.39 is 11.6 Å². The molecule has 0 aromatic carbocycles. The highest BCUT2D eigenvalue weighted by Gasteiger charge is 2.27. The zero-order valence-corrected chi connectivity index (χ0v) is 71.3. The average Bonchev–Trinajstić information content (AvgIpc) is 1.24. The summed E-state index contributed by atoms with van der Waals surface area (Å²) in [5, 5.41) is 37.5. The van der Waals surface area contributed by atoms with Gasteiger partial charge in [0.15, 0.2) is 0 Å². The Balaban J connectivity index is 1.18.